The average molecular weight is 307 g/mol. The van der Waals surface area contributed by atoms with Crippen LogP contribution in [-0.4, -0.2) is 11.4 Å². The number of furan rings is 1. The Morgan fingerprint density at radius 1 is 1.17 bits per heavy atom. The standard InChI is InChI=1S/C14H15BrN2O/c15-14-6-5-13(18-14)12(7-16)17-8-10-3-1-2-4-11(10)9-17/h1-6,12H,7-9,16H2. The molecule has 0 radical (unpaired) electrons. The number of halogens is 1. The second kappa shape index (κ2) is 4.88. The number of nitrogens with two attached hydrogens (primary N) is 1. The molecule has 1 unspecified atom stereocenters. The van der Waals surface area contributed by atoms with Crippen molar-refractivity contribution in [3.05, 3.63) is 58.0 Å². The molecule has 1 aromatic carbocycles. The van der Waals surface area contributed by atoms with Gasteiger partial charge in [0.1, 0.15) is 5.76 Å². The third kappa shape index (κ3) is 2.11. The fourth-order valence-electron chi connectivity index (χ4n) is 2.53. The van der Waals surface area contributed by atoms with Gasteiger partial charge in [-0.15, -0.1) is 0 Å². The minimum Gasteiger partial charge on any atom is -0.453 e. The van der Waals surface area contributed by atoms with Crippen LogP contribution in [0.1, 0.15) is 22.9 Å². The van der Waals surface area contributed by atoms with Crippen LogP contribution in [0, 0.1) is 0 Å². The van der Waals surface area contributed by atoms with E-state index in [0.717, 1.165) is 23.5 Å². The molecule has 2 aromatic rings. The molecule has 4 heteroatoms. The van der Waals surface area contributed by atoms with Crippen LogP contribution in [0.5, 0.6) is 0 Å². The van der Waals surface area contributed by atoms with Crippen molar-refractivity contribution in [2.75, 3.05) is 6.54 Å². The van der Waals surface area contributed by atoms with Crippen LogP contribution in [0.25, 0.3) is 0 Å². The number of nitrogens with zero attached hydrogens (tertiary/aromatic N) is 1. The number of fused-ring (bicyclic) bond motifs is 1. The number of hydrogen-bond acceptors (Lipinski definition) is 3. The number of hydrogen-bond donors (Lipinski definition) is 1. The highest BCUT2D eigenvalue weighted by molar-refractivity contribution is 9.10. The van der Waals surface area contributed by atoms with Crippen molar-refractivity contribution in [2.45, 2.75) is 19.1 Å². The first-order chi connectivity index (χ1) is 8.78. The van der Waals surface area contributed by atoms with Crippen molar-refractivity contribution in [1.82, 2.24) is 4.90 Å². The summed E-state index contributed by atoms with van der Waals surface area (Å²) in [6, 6.07) is 12.6. The van der Waals surface area contributed by atoms with Gasteiger partial charge in [0.2, 0.25) is 0 Å². The zero-order chi connectivity index (χ0) is 12.5. The highest BCUT2D eigenvalue weighted by atomic mass is 79.9. The smallest absolute Gasteiger partial charge is 0.169 e. The van der Waals surface area contributed by atoms with Gasteiger partial charge in [-0.3, -0.25) is 4.90 Å². The zero-order valence-electron chi connectivity index (χ0n) is 9.97. The van der Waals surface area contributed by atoms with Gasteiger partial charge >= 0.3 is 0 Å². The molecule has 0 fully saturated rings. The third-order valence-electron chi connectivity index (χ3n) is 3.45. The lowest BCUT2D eigenvalue weighted by molar-refractivity contribution is 0.180. The van der Waals surface area contributed by atoms with Crippen molar-refractivity contribution in [3.8, 4) is 0 Å². The van der Waals surface area contributed by atoms with E-state index in [1.165, 1.54) is 11.1 Å². The lowest BCUT2D eigenvalue weighted by atomic mass is 10.1. The molecule has 0 saturated heterocycles. The molecule has 2 N–H and O–H groups in total. The van der Waals surface area contributed by atoms with E-state index in [2.05, 4.69) is 45.1 Å². The predicted molar refractivity (Wildman–Crippen MR) is 73.9 cm³/mol. The molecule has 3 rings (SSSR count). The maximum absolute atomic E-state index is 5.91. The Kier molecular flexibility index (Phi) is 3.24. The molecule has 94 valence electrons. The first kappa shape index (κ1) is 12.0. The van der Waals surface area contributed by atoms with Crippen molar-refractivity contribution in [2.24, 2.45) is 5.73 Å². The summed E-state index contributed by atoms with van der Waals surface area (Å²) in [7, 11) is 0. The van der Waals surface area contributed by atoms with Gasteiger partial charge < -0.3 is 10.2 Å². The molecule has 0 amide bonds. The van der Waals surface area contributed by atoms with Gasteiger partial charge in [0, 0.05) is 19.6 Å². The van der Waals surface area contributed by atoms with Gasteiger partial charge in [-0.1, -0.05) is 24.3 Å². The van der Waals surface area contributed by atoms with E-state index in [9.17, 15) is 0 Å². The molecule has 3 nitrogen and oxygen atoms in total. The van der Waals surface area contributed by atoms with Crippen LogP contribution in [0.3, 0.4) is 0 Å². The van der Waals surface area contributed by atoms with Gasteiger partial charge in [-0.25, -0.2) is 0 Å². The molecule has 0 aliphatic carbocycles. The third-order valence-corrected chi connectivity index (χ3v) is 3.88. The molecule has 1 aliphatic heterocycles. The fraction of sp³-hybridized carbons (Fsp3) is 0.286. The summed E-state index contributed by atoms with van der Waals surface area (Å²) in [5.74, 6) is 0.928. The fourth-order valence-corrected chi connectivity index (χ4v) is 2.85. The lowest BCUT2D eigenvalue weighted by Gasteiger charge is -2.24. The topological polar surface area (TPSA) is 42.4 Å². The first-order valence-corrected chi connectivity index (χ1v) is 6.83. The van der Waals surface area contributed by atoms with Crippen molar-refractivity contribution < 1.29 is 4.42 Å². The Hall–Kier alpha value is -1.10. The molecule has 0 spiro atoms. The maximum Gasteiger partial charge on any atom is 0.169 e. The van der Waals surface area contributed by atoms with Gasteiger partial charge in [0.25, 0.3) is 0 Å². The molecular formula is C14H15BrN2O. The van der Waals surface area contributed by atoms with E-state index < -0.39 is 0 Å². The molecule has 1 atom stereocenters. The summed E-state index contributed by atoms with van der Waals surface area (Å²) in [4.78, 5) is 2.36. The lowest BCUT2D eigenvalue weighted by Crippen LogP contribution is -2.29. The van der Waals surface area contributed by atoms with Gasteiger partial charge in [-0.05, 0) is 39.2 Å². The Morgan fingerprint density at radius 2 is 1.83 bits per heavy atom. The maximum atomic E-state index is 5.91. The normalized spacial score (nSPS) is 16.8. The van der Waals surface area contributed by atoms with Gasteiger partial charge in [-0.2, -0.15) is 0 Å². The van der Waals surface area contributed by atoms with E-state index in [4.69, 9.17) is 10.2 Å². The quantitative estimate of drug-likeness (QED) is 0.947. The summed E-state index contributed by atoms with van der Waals surface area (Å²) in [5, 5.41) is 0. The average Bonchev–Trinajstić information content (AvgIpc) is 2.96. The summed E-state index contributed by atoms with van der Waals surface area (Å²) in [5.41, 5.74) is 8.69. The highest BCUT2D eigenvalue weighted by Crippen LogP contribution is 2.32. The molecule has 18 heavy (non-hydrogen) atoms. The SMILES string of the molecule is NCC(c1ccc(Br)o1)N1Cc2ccccc2C1. The second-order valence-electron chi connectivity index (χ2n) is 4.57. The summed E-state index contributed by atoms with van der Waals surface area (Å²) in [6.07, 6.45) is 0. The van der Waals surface area contributed by atoms with Crippen LogP contribution in [-0.2, 0) is 13.1 Å². The molecule has 0 saturated carbocycles. The second-order valence-corrected chi connectivity index (χ2v) is 5.35. The van der Waals surface area contributed by atoms with E-state index in [-0.39, 0.29) is 6.04 Å². The summed E-state index contributed by atoms with van der Waals surface area (Å²) < 4.78 is 6.40. The molecule has 1 aromatic heterocycles. The highest BCUT2D eigenvalue weighted by Gasteiger charge is 2.27. The summed E-state index contributed by atoms with van der Waals surface area (Å²) in [6.45, 7) is 2.45. The van der Waals surface area contributed by atoms with Crippen LogP contribution in [0.15, 0.2) is 45.5 Å². The van der Waals surface area contributed by atoms with E-state index >= 15 is 0 Å². The zero-order valence-corrected chi connectivity index (χ0v) is 11.6. The van der Waals surface area contributed by atoms with E-state index in [1.807, 2.05) is 12.1 Å². The number of rotatable bonds is 3. The minimum atomic E-state index is 0.142. The van der Waals surface area contributed by atoms with Crippen LogP contribution in [0.2, 0.25) is 0 Å². The van der Waals surface area contributed by atoms with Crippen molar-refractivity contribution in [3.63, 3.8) is 0 Å². The molecule has 0 bridgehead atoms. The predicted octanol–water partition coefficient (Wildman–Crippen LogP) is 3.06. The van der Waals surface area contributed by atoms with Crippen molar-refractivity contribution in [1.29, 1.82) is 0 Å². The molecule has 1 aliphatic rings. The number of benzene rings is 1. The van der Waals surface area contributed by atoms with Gasteiger partial charge in [0.15, 0.2) is 4.67 Å². The van der Waals surface area contributed by atoms with Crippen LogP contribution >= 0.6 is 15.9 Å². The van der Waals surface area contributed by atoms with E-state index in [1.54, 1.807) is 0 Å². The first-order valence-electron chi connectivity index (χ1n) is 6.04. The van der Waals surface area contributed by atoms with Crippen molar-refractivity contribution >= 4 is 15.9 Å². The van der Waals surface area contributed by atoms with Crippen LogP contribution < -0.4 is 5.73 Å². The molecular weight excluding hydrogens is 292 g/mol. The Bertz CT molecular complexity index is 527. The Labute approximate surface area is 115 Å². The largest absolute Gasteiger partial charge is 0.453 e. The van der Waals surface area contributed by atoms with Crippen LogP contribution in [0.4, 0.5) is 0 Å². The van der Waals surface area contributed by atoms with Gasteiger partial charge in [0.05, 0.1) is 6.04 Å². The minimum absolute atomic E-state index is 0.142. The van der Waals surface area contributed by atoms with E-state index in [0.29, 0.717) is 6.54 Å². The Balaban J connectivity index is 1.83. The molecule has 2 heterocycles. The monoisotopic (exact) mass is 306 g/mol. The Morgan fingerprint density at radius 3 is 2.33 bits per heavy atom. The summed E-state index contributed by atoms with van der Waals surface area (Å²) >= 11 is 3.34.